The van der Waals surface area contributed by atoms with Gasteiger partial charge in [0.05, 0.1) is 5.56 Å². The van der Waals surface area contributed by atoms with Crippen LogP contribution in [0.15, 0.2) is 29.1 Å². The standard InChI is InChI=1S/C12H10ClN3O2S/c1-6-9(11(19)16-12(18)14-6)10(17)15-8-4-2-7(13)3-5-8/h2-5H,1H3,(H,15,17)(H2,14,16,18,19). The topological polar surface area (TPSA) is 77.8 Å². The minimum atomic E-state index is -0.439. The van der Waals surface area contributed by atoms with E-state index in [1.807, 2.05) is 0 Å². The molecule has 19 heavy (non-hydrogen) atoms. The third-order valence-electron chi connectivity index (χ3n) is 2.46. The minimum Gasteiger partial charge on any atom is -0.322 e. The third kappa shape index (κ3) is 3.10. The van der Waals surface area contributed by atoms with Crippen molar-refractivity contribution in [2.75, 3.05) is 5.32 Å². The predicted molar refractivity (Wildman–Crippen MR) is 76.4 cm³/mol. The SMILES string of the molecule is Cc1[nH]c(=O)[nH]c(=S)c1C(=O)Nc1ccc(Cl)cc1. The summed E-state index contributed by atoms with van der Waals surface area (Å²) in [7, 11) is 0. The zero-order valence-electron chi connectivity index (χ0n) is 9.91. The first-order valence-electron chi connectivity index (χ1n) is 5.37. The van der Waals surface area contributed by atoms with E-state index < -0.39 is 11.6 Å². The summed E-state index contributed by atoms with van der Waals surface area (Å²) >= 11 is 10.7. The summed E-state index contributed by atoms with van der Waals surface area (Å²) in [6, 6.07) is 6.68. The molecule has 2 aromatic rings. The van der Waals surface area contributed by atoms with Crippen molar-refractivity contribution >= 4 is 35.4 Å². The van der Waals surface area contributed by atoms with E-state index in [1.54, 1.807) is 31.2 Å². The number of aryl methyl sites for hydroxylation is 1. The van der Waals surface area contributed by atoms with E-state index in [0.717, 1.165) is 0 Å². The van der Waals surface area contributed by atoms with Gasteiger partial charge in [-0.1, -0.05) is 23.8 Å². The van der Waals surface area contributed by atoms with E-state index in [9.17, 15) is 9.59 Å². The molecule has 0 atom stereocenters. The van der Waals surface area contributed by atoms with Crippen LogP contribution in [-0.4, -0.2) is 15.9 Å². The van der Waals surface area contributed by atoms with Crippen molar-refractivity contribution in [1.82, 2.24) is 9.97 Å². The molecule has 0 radical (unpaired) electrons. The lowest BCUT2D eigenvalue weighted by Gasteiger charge is -2.07. The number of rotatable bonds is 2. The smallest absolute Gasteiger partial charge is 0.322 e. The van der Waals surface area contributed by atoms with Crippen LogP contribution in [0.3, 0.4) is 0 Å². The van der Waals surface area contributed by atoms with Crippen LogP contribution in [0.1, 0.15) is 16.1 Å². The lowest BCUT2D eigenvalue weighted by Crippen LogP contribution is -2.21. The van der Waals surface area contributed by atoms with E-state index in [1.165, 1.54) is 0 Å². The number of nitrogens with one attached hydrogen (secondary N) is 3. The summed E-state index contributed by atoms with van der Waals surface area (Å²) < 4.78 is 0.104. The summed E-state index contributed by atoms with van der Waals surface area (Å²) in [6.45, 7) is 1.61. The van der Waals surface area contributed by atoms with Gasteiger partial charge in [-0.15, -0.1) is 0 Å². The fourth-order valence-corrected chi connectivity index (χ4v) is 2.06. The van der Waals surface area contributed by atoms with Crippen LogP contribution >= 0.6 is 23.8 Å². The Balaban J connectivity index is 2.33. The van der Waals surface area contributed by atoms with Crippen LogP contribution in [-0.2, 0) is 0 Å². The van der Waals surface area contributed by atoms with Crippen molar-refractivity contribution in [3.63, 3.8) is 0 Å². The lowest BCUT2D eigenvalue weighted by molar-refractivity contribution is 0.102. The molecule has 98 valence electrons. The second-order valence-corrected chi connectivity index (χ2v) is 4.71. The van der Waals surface area contributed by atoms with E-state index >= 15 is 0 Å². The molecule has 0 aliphatic carbocycles. The van der Waals surface area contributed by atoms with Gasteiger partial charge in [-0.25, -0.2) is 4.79 Å². The summed E-state index contributed by atoms with van der Waals surface area (Å²) in [5.74, 6) is -0.391. The minimum absolute atomic E-state index is 0.104. The Labute approximate surface area is 118 Å². The fourth-order valence-electron chi connectivity index (χ4n) is 1.60. The normalized spacial score (nSPS) is 10.2. The van der Waals surface area contributed by atoms with Gasteiger partial charge in [0.25, 0.3) is 5.91 Å². The molecule has 0 aliphatic rings. The number of carbonyl (C=O) groups excluding carboxylic acids is 1. The molecule has 3 N–H and O–H groups in total. The number of aromatic amines is 2. The molecule has 2 rings (SSSR count). The monoisotopic (exact) mass is 295 g/mol. The molecule has 1 aromatic carbocycles. The Morgan fingerprint density at radius 3 is 2.47 bits per heavy atom. The number of amides is 1. The quantitative estimate of drug-likeness (QED) is 0.745. The van der Waals surface area contributed by atoms with Crippen LogP contribution in [0.5, 0.6) is 0 Å². The van der Waals surface area contributed by atoms with Gasteiger partial charge in [0.15, 0.2) is 0 Å². The van der Waals surface area contributed by atoms with Crippen LogP contribution in [0, 0.1) is 11.6 Å². The average molecular weight is 296 g/mol. The molecule has 1 heterocycles. The number of carbonyl (C=O) groups is 1. The molecular formula is C12H10ClN3O2S. The molecule has 1 amide bonds. The first-order valence-corrected chi connectivity index (χ1v) is 6.16. The van der Waals surface area contributed by atoms with Gasteiger partial charge in [-0.05, 0) is 31.2 Å². The second kappa shape index (κ2) is 5.38. The highest BCUT2D eigenvalue weighted by Gasteiger charge is 2.12. The highest BCUT2D eigenvalue weighted by Crippen LogP contribution is 2.15. The van der Waals surface area contributed by atoms with Crippen molar-refractivity contribution < 1.29 is 4.79 Å². The van der Waals surface area contributed by atoms with Gasteiger partial charge in [0.2, 0.25) is 0 Å². The van der Waals surface area contributed by atoms with Gasteiger partial charge >= 0.3 is 5.69 Å². The van der Waals surface area contributed by atoms with Gasteiger partial charge in [0, 0.05) is 16.4 Å². The van der Waals surface area contributed by atoms with Crippen molar-refractivity contribution in [3.05, 3.63) is 55.7 Å². The lowest BCUT2D eigenvalue weighted by atomic mass is 10.2. The molecule has 0 bridgehead atoms. The van der Waals surface area contributed by atoms with Crippen molar-refractivity contribution in [3.8, 4) is 0 Å². The number of aromatic nitrogens is 2. The van der Waals surface area contributed by atoms with E-state index in [-0.39, 0.29) is 10.2 Å². The Kier molecular flexibility index (Phi) is 3.82. The maximum absolute atomic E-state index is 12.1. The van der Waals surface area contributed by atoms with Gasteiger partial charge < -0.3 is 10.3 Å². The number of halogens is 1. The maximum atomic E-state index is 12.1. The molecule has 0 saturated heterocycles. The number of H-pyrrole nitrogens is 2. The first-order chi connectivity index (χ1) is 8.97. The Bertz CT molecular complexity index is 734. The highest BCUT2D eigenvalue weighted by molar-refractivity contribution is 7.71. The largest absolute Gasteiger partial charge is 0.324 e. The summed E-state index contributed by atoms with van der Waals surface area (Å²) in [4.78, 5) is 28.1. The van der Waals surface area contributed by atoms with Crippen LogP contribution in [0.4, 0.5) is 5.69 Å². The van der Waals surface area contributed by atoms with Crippen LogP contribution < -0.4 is 11.0 Å². The van der Waals surface area contributed by atoms with Gasteiger partial charge in [-0.2, -0.15) is 0 Å². The molecule has 0 spiro atoms. The maximum Gasteiger partial charge on any atom is 0.324 e. The Hall–Kier alpha value is -1.92. The predicted octanol–water partition coefficient (Wildman–Crippen LogP) is 2.65. The molecule has 7 heteroatoms. The van der Waals surface area contributed by atoms with E-state index in [4.69, 9.17) is 23.8 Å². The number of hydrogen-bond acceptors (Lipinski definition) is 3. The first kappa shape index (κ1) is 13.5. The number of benzene rings is 1. The molecule has 0 saturated carbocycles. The highest BCUT2D eigenvalue weighted by atomic mass is 35.5. The summed E-state index contributed by atoms with van der Waals surface area (Å²) in [6.07, 6.45) is 0. The number of anilines is 1. The third-order valence-corrected chi connectivity index (χ3v) is 3.02. The van der Waals surface area contributed by atoms with E-state index in [2.05, 4.69) is 15.3 Å². The average Bonchev–Trinajstić information content (AvgIpc) is 2.30. The molecule has 0 aliphatic heterocycles. The van der Waals surface area contributed by atoms with Crippen LogP contribution in [0.2, 0.25) is 5.02 Å². The van der Waals surface area contributed by atoms with Gasteiger partial charge in [-0.3, -0.25) is 9.78 Å². The van der Waals surface area contributed by atoms with Crippen molar-refractivity contribution in [2.24, 2.45) is 0 Å². The van der Waals surface area contributed by atoms with Gasteiger partial charge in [0.1, 0.15) is 4.64 Å². The van der Waals surface area contributed by atoms with Crippen molar-refractivity contribution in [1.29, 1.82) is 0 Å². The summed E-state index contributed by atoms with van der Waals surface area (Å²) in [5.41, 5.74) is 0.810. The number of hydrogen-bond donors (Lipinski definition) is 3. The van der Waals surface area contributed by atoms with Crippen LogP contribution in [0.25, 0.3) is 0 Å². The summed E-state index contributed by atoms with van der Waals surface area (Å²) in [5, 5.41) is 3.26. The molecule has 0 unspecified atom stereocenters. The fraction of sp³-hybridized carbons (Fsp3) is 0.0833. The second-order valence-electron chi connectivity index (χ2n) is 3.87. The molecule has 1 aromatic heterocycles. The Morgan fingerprint density at radius 1 is 1.26 bits per heavy atom. The Morgan fingerprint density at radius 2 is 1.89 bits per heavy atom. The zero-order valence-corrected chi connectivity index (χ0v) is 11.5. The molecule has 0 fully saturated rings. The van der Waals surface area contributed by atoms with Crippen molar-refractivity contribution in [2.45, 2.75) is 6.92 Å². The zero-order chi connectivity index (χ0) is 14.0. The molecular weight excluding hydrogens is 286 g/mol. The van der Waals surface area contributed by atoms with E-state index in [0.29, 0.717) is 16.4 Å². The molecule has 5 nitrogen and oxygen atoms in total.